The van der Waals surface area contributed by atoms with Gasteiger partial charge in [-0.05, 0) is 35.0 Å². The molecule has 0 saturated heterocycles. The lowest BCUT2D eigenvalue weighted by molar-refractivity contribution is 1.20. The normalized spacial score (nSPS) is 11.4. The van der Waals surface area contributed by atoms with E-state index in [1.165, 1.54) is 4.88 Å². The number of nitrogens with zero attached hydrogens (tertiary/aromatic N) is 2. The third kappa shape index (κ3) is 2.14. The number of fused-ring (bicyclic) bond motifs is 1. The standard InChI is InChI=1S/C12H8BrCl2N3S/c1-5-7(13)3-9(19-5)10-11(16)18-4-6(14)2-8(15)12(18)17-10/h2-4H,16H2,1H3. The number of nitrogens with two attached hydrogens (primary N) is 1. The van der Waals surface area contributed by atoms with Crippen molar-refractivity contribution >= 4 is 61.9 Å². The Labute approximate surface area is 132 Å². The van der Waals surface area contributed by atoms with E-state index < -0.39 is 0 Å². The molecule has 7 heteroatoms. The fraction of sp³-hybridized carbons (Fsp3) is 0.0833. The number of nitrogen functional groups attached to an aromatic ring is 1. The van der Waals surface area contributed by atoms with Crippen molar-refractivity contribution in [2.45, 2.75) is 6.92 Å². The lowest BCUT2D eigenvalue weighted by Gasteiger charge is -1.99. The van der Waals surface area contributed by atoms with E-state index in [1.54, 1.807) is 28.0 Å². The Kier molecular flexibility index (Phi) is 3.25. The molecule has 0 fully saturated rings. The van der Waals surface area contributed by atoms with Crippen LogP contribution in [0.1, 0.15) is 4.88 Å². The zero-order valence-corrected chi connectivity index (χ0v) is 13.7. The number of hydrogen-bond acceptors (Lipinski definition) is 3. The molecule has 0 atom stereocenters. The average Bonchev–Trinajstić information content (AvgIpc) is 2.82. The Balaban J connectivity index is 2.31. The molecule has 0 saturated carbocycles. The van der Waals surface area contributed by atoms with Crippen molar-refractivity contribution in [1.82, 2.24) is 9.38 Å². The predicted molar refractivity (Wildman–Crippen MR) is 85.4 cm³/mol. The maximum absolute atomic E-state index is 6.14. The Morgan fingerprint density at radius 2 is 2.11 bits per heavy atom. The Morgan fingerprint density at radius 1 is 1.37 bits per heavy atom. The van der Waals surface area contributed by atoms with Crippen LogP contribution in [0.5, 0.6) is 0 Å². The number of thiophene rings is 1. The van der Waals surface area contributed by atoms with Crippen LogP contribution in [0.15, 0.2) is 22.8 Å². The maximum atomic E-state index is 6.14. The molecule has 19 heavy (non-hydrogen) atoms. The third-order valence-corrected chi connectivity index (χ3v) is 5.40. The van der Waals surface area contributed by atoms with Gasteiger partial charge in [0, 0.05) is 15.5 Å². The van der Waals surface area contributed by atoms with Crippen LogP contribution in [0.3, 0.4) is 0 Å². The number of halogens is 3. The van der Waals surface area contributed by atoms with Gasteiger partial charge in [0.05, 0.1) is 14.9 Å². The van der Waals surface area contributed by atoms with Gasteiger partial charge in [-0.2, -0.15) is 0 Å². The second-order valence-electron chi connectivity index (χ2n) is 4.06. The van der Waals surface area contributed by atoms with Crippen molar-refractivity contribution in [2.24, 2.45) is 0 Å². The molecule has 2 N–H and O–H groups in total. The molecular weight excluding hydrogens is 369 g/mol. The summed E-state index contributed by atoms with van der Waals surface area (Å²) in [7, 11) is 0. The largest absolute Gasteiger partial charge is 0.383 e. The summed E-state index contributed by atoms with van der Waals surface area (Å²) in [5, 5.41) is 1.01. The van der Waals surface area contributed by atoms with E-state index in [2.05, 4.69) is 20.9 Å². The van der Waals surface area contributed by atoms with Gasteiger partial charge in [0.15, 0.2) is 5.65 Å². The Bertz CT molecular complexity index is 774. The minimum atomic E-state index is 0.484. The van der Waals surface area contributed by atoms with E-state index in [0.29, 0.717) is 21.5 Å². The first-order valence-corrected chi connectivity index (χ1v) is 7.73. The van der Waals surface area contributed by atoms with Crippen LogP contribution >= 0.6 is 50.5 Å². The van der Waals surface area contributed by atoms with Gasteiger partial charge in [0.2, 0.25) is 0 Å². The molecule has 0 aliphatic carbocycles. The van der Waals surface area contributed by atoms with Gasteiger partial charge in [-0.1, -0.05) is 23.2 Å². The first-order valence-electron chi connectivity index (χ1n) is 5.36. The van der Waals surface area contributed by atoms with Gasteiger partial charge < -0.3 is 5.73 Å². The van der Waals surface area contributed by atoms with Crippen LogP contribution in [0, 0.1) is 6.92 Å². The summed E-state index contributed by atoms with van der Waals surface area (Å²) in [6.07, 6.45) is 1.71. The van der Waals surface area contributed by atoms with Crippen molar-refractivity contribution in [3.63, 3.8) is 0 Å². The molecular formula is C12H8BrCl2N3S. The quantitative estimate of drug-likeness (QED) is 0.647. The van der Waals surface area contributed by atoms with Gasteiger partial charge in [-0.15, -0.1) is 11.3 Å². The van der Waals surface area contributed by atoms with Gasteiger partial charge in [0.25, 0.3) is 0 Å². The van der Waals surface area contributed by atoms with Crippen LogP contribution in [-0.4, -0.2) is 9.38 Å². The molecule has 0 unspecified atom stereocenters. The number of imidazole rings is 1. The maximum Gasteiger partial charge on any atom is 0.158 e. The minimum absolute atomic E-state index is 0.484. The molecule has 98 valence electrons. The van der Waals surface area contributed by atoms with E-state index >= 15 is 0 Å². The van der Waals surface area contributed by atoms with Crippen molar-refractivity contribution in [1.29, 1.82) is 0 Å². The molecule has 0 radical (unpaired) electrons. The SMILES string of the molecule is Cc1sc(-c2nc3c(Cl)cc(Cl)cn3c2N)cc1Br. The summed E-state index contributed by atoms with van der Waals surface area (Å²) < 4.78 is 2.76. The highest BCUT2D eigenvalue weighted by Gasteiger charge is 2.16. The summed E-state index contributed by atoms with van der Waals surface area (Å²) in [6.45, 7) is 2.04. The minimum Gasteiger partial charge on any atom is -0.383 e. The number of pyridine rings is 1. The summed E-state index contributed by atoms with van der Waals surface area (Å²) in [5.41, 5.74) is 7.48. The molecule has 0 aliphatic rings. The van der Waals surface area contributed by atoms with Crippen molar-refractivity contribution < 1.29 is 0 Å². The summed E-state index contributed by atoms with van der Waals surface area (Å²) in [6, 6.07) is 3.66. The van der Waals surface area contributed by atoms with E-state index in [0.717, 1.165) is 15.0 Å². The van der Waals surface area contributed by atoms with E-state index in [1.807, 2.05) is 13.0 Å². The van der Waals surface area contributed by atoms with Crippen molar-refractivity contribution in [2.75, 3.05) is 5.73 Å². The first kappa shape index (κ1) is 13.2. The first-order chi connectivity index (χ1) is 8.97. The van der Waals surface area contributed by atoms with Crippen LogP contribution in [0.4, 0.5) is 5.82 Å². The highest BCUT2D eigenvalue weighted by molar-refractivity contribution is 9.10. The molecule has 3 aromatic heterocycles. The number of aromatic nitrogens is 2. The lowest BCUT2D eigenvalue weighted by Crippen LogP contribution is -1.93. The highest BCUT2D eigenvalue weighted by atomic mass is 79.9. The lowest BCUT2D eigenvalue weighted by atomic mass is 10.3. The van der Waals surface area contributed by atoms with E-state index in [4.69, 9.17) is 28.9 Å². The van der Waals surface area contributed by atoms with E-state index in [9.17, 15) is 0 Å². The fourth-order valence-corrected chi connectivity index (χ4v) is 3.90. The van der Waals surface area contributed by atoms with Crippen LogP contribution < -0.4 is 5.73 Å². The summed E-state index contributed by atoms with van der Waals surface area (Å²) in [5.74, 6) is 0.535. The van der Waals surface area contributed by atoms with Gasteiger partial charge in [-0.25, -0.2) is 4.98 Å². The predicted octanol–water partition coefficient (Wildman–Crippen LogP) is 5.02. The van der Waals surface area contributed by atoms with E-state index in [-0.39, 0.29) is 0 Å². The summed E-state index contributed by atoms with van der Waals surface area (Å²) >= 11 is 17.3. The summed E-state index contributed by atoms with van der Waals surface area (Å²) in [4.78, 5) is 6.69. The van der Waals surface area contributed by atoms with Crippen LogP contribution in [0.25, 0.3) is 16.2 Å². The second-order valence-corrected chi connectivity index (χ2v) is 7.01. The van der Waals surface area contributed by atoms with Gasteiger partial charge in [-0.3, -0.25) is 4.40 Å². The second kappa shape index (κ2) is 4.66. The molecule has 0 bridgehead atoms. The fourth-order valence-electron chi connectivity index (χ4n) is 1.85. The molecule has 3 rings (SSSR count). The van der Waals surface area contributed by atoms with Gasteiger partial charge >= 0.3 is 0 Å². The van der Waals surface area contributed by atoms with Crippen LogP contribution in [-0.2, 0) is 0 Å². The van der Waals surface area contributed by atoms with Crippen LogP contribution in [0.2, 0.25) is 10.0 Å². The molecule has 3 nitrogen and oxygen atoms in total. The number of rotatable bonds is 1. The smallest absolute Gasteiger partial charge is 0.158 e. The topological polar surface area (TPSA) is 43.3 Å². The molecule has 0 aromatic carbocycles. The molecule has 0 amide bonds. The monoisotopic (exact) mass is 375 g/mol. The average molecular weight is 377 g/mol. The Hall–Kier alpha value is -0.750. The molecule has 0 spiro atoms. The molecule has 0 aliphatic heterocycles. The van der Waals surface area contributed by atoms with Crippen molar-refractivity contribution in [3.8, 4) is 10.6 Å². The molecule has 3 aromatic rings. The number of aryl methyl sites for hydroxylation is 1. The Morgan fingerprint density at radius 3 is 2.74 bits per heavy atom. The van der Waals surface area contributed by atoms with Gasteiger partial charge in [0.1, 0.15) is 11.5 Å². The number of anilines is 1. The third-order valence-electron chi connectivity index (χ3n) is 2.77. The zero-order chi connectivity index (χ0) is 13.7. The highest BCUT2D eigenvalue weighted by Crippen LogP contribution is 2.37. The zero-order valence-electron chi connectivity index (χ0n) is 9.75. The van der Waals surface area contributed by atoms with Crippen molar-refractivity contribution in [3.05, 3.63) is 37.7 Å². The number of hydrogen-bond donors (Lipinski definition) is 1. The molecule has 3 heterocycles.